The first kappa shape index (κ1) is 29.2. The molecule has 10 nitrogen and oxygen atoms in total. The third-order valence-electron chi connectivity index (χ3n) is 6.81. The van der Waals surface area contributed by atoms with E-state index in [1.54, 1.807) is 37.3 Å². The normalized spacial score (nSPS) is 21.0. The van der Waals surface area contributed by atoms with Crippen LogP contribution in [0.5, 0.6) is 5.75 Å². The van der Waals surface area contributed by atoms with Crippen molar-refractivity contribution in [2.75, 3.05) is 39.4 Å². The molecule has 4 rings (SSSR count). The van der Waals surface area contributed by atoms with E-state index >= 15 is 0 Å². The van der Waals surface area contributed by atoms with Gasteiger partial charge in [-0.25, -0.2) is 21.6 Å². The predicted octanol–water partition coefficient (Wildman–Crippen LogP) is 1.98. The molecular formula is C25H34ClN3O7S2. The summed E-state index contributed by atoms with van der Waals surface area (Å²) in [6.07, 6.45) is 1.08. The molecule has 3 N–H and O–H groups in total. The SMILES string of the molecule is CCNS(=O)(=O)c1cccc(OC[C@@H](O)CNC2COC3(CCN(S(=O)(=O)c4cccc(Cl)c4)CC3)C2)c1. The maximum Gasteiger partial charge on any atom is 0.243 e. The van der Waals surface area contributed by atoms with Gasteiger partial charge < -0.3 is 19.9 Å². The van der Waals surface area contributed by atoms with Crippen molar-refractivity contribution in [2.24, 2.45) is 0 Å². The highest BCUT2D eigenvalue weighted by molar-refractivity contribution is 7.89. The average Bonchev–Trinajstić information content (AvgIpc) is 3.28. The minimum atomic E-state index is -3.62. The Bertz CT molecular complexity index is 1320. The highest BCUT2D eigenvalue weighted by Gasteiger charge is 2.44. The van der Waals surface area contributed by atoms with Gasteiger partial charge in [-0.05, 0) is 49.6 Å². The van der Waals surface area contributed by atoms with E-state index in [0.29, 0.717) is 43.3 Å². The molecule has 2 aliphatic heterocycles. The molecule has 0 radical (unpaired) electrons. The van der Waals surface area contributed by atoms with Crippen LogP contribution < -0.4 is 14.8 Å². The molecule has 0 aromatic heterocycles. The second-order valence-electron chi connectivity index (χ2n) is 9.61. The second-order valence-corrected chi connectivity index (χ2v) is 13.7. The second kappa shape index (κ2) is 12.2. The molecule has 2 fully saturated rings. The van der Waals surface area contributed by atoms with Crippen LogP contribution in [0.1, 0.15) is 26.2 Å². The minimum absolute atomic E-state index is 0.00719. The topological polar surface area (TPSA) is 134 Å². The van der Waals surface area contributed by atoms with Crippen molar-refractivity contribution >= 4 is 31.6 Å². The van der Waals surface area contributed by atoms with Gasteiger partial charge in [0.2, 0.25) is 20.0 Å². The minimum Gasteiger partial charge on any atom is -0.491 e. The Hall–Kier alpha value is -1.77. The van der Waals surface area contributed by atoms with Crippen LogP contribution in [0.15, 0.2) is 58.3 Å². The molecule has 0 aliphatic carbocycles. The first-order chi connectivity index (χ1) is 18.0. The lowest BCUT2D eigenvalue weighted by Crippen LogP contribution is -2.47. The van der Waals surface area contributed by atoms with Gasteiger partial charge in [-0.15, -0.1) is 0 Å². The summed E-state index contributed by atoms with van der Waals surface area (Å²) >= 11 is 5.98. The first-order valence-electron chi connectivity index (χ1n) is 12.6. The summed E-state index contributed by atoms with van der Waals surface area (Å²) in [7, 11) is -7.21. The van der Waals surface area contributed by atoms with E-state index in [2.05, 4.69) is 10.0 Å². The van der Waals surface area contributed by atoms with E-state index < -0.39 is 31.8 Å². The summed E-state index contributed by atoms with van der Waals surface area (Å²) in [5.41, 5.74) is -0.391. The van der Waals surface area contributed by atoms with Gasteiger partial charge in [0.1, 0.15) is 18.5 Å². The quantitative estimate of drug-likeness (QED) is 0.363. The van der Waals surface area contributed by atoms with Crippen molar-refractivity contribution in [3.8, 4) is 5.75 Å². The Balaban J connectivity index is 1.22. The molecule has 2 aromatic rings. The smallest absolute Gasteiger partial charge is 0.243 e. The van der Waals surface area contributed by atoms with Gasteiger partial charge in [0.05, 0.1) is 22.0 Å². The third kappa shape index (κ3) is 7.05. The molecule has 2 aromatic carbocycles. The van der Waals surface area contributed by atoms with Crippen molar-refractivity contribution in [3.05, 3.63) is 53.6 Å². The van der Waals surface area contributed by atoms with E-state index in [1.807, 2.05) is 0 Å². The number of halogens is 1. The van der Waals surface area contributed by atoms with Gasteiger partial charge >= 0.3 is 0 Å². The summed E-state index contributed by atoms with van der Waals surface area (Å²) in [5, 5.41) is 14.1. The van der Waals surface area contributed by atoms with Gasteiger partial charge in [-0.3, -0.25) is 0 Å². The van der Waals surface area contributed by atoms with Crippen molar-refractivity contribution in [3.63, 3.8) is 0 Å². The molecule has 2 atom stereocenters. The highest BCUT2D eigenvalue weighted by Crippen LogP contribution is 2.37. The number of aliphatic hydroxyl groups excluding tert-OH is 1. The summed E-state index contributed by atoms with van der Waals surface area (Å²) in [4.78, 5) is 0.291. The lowest BCUT2D eigenvalue weighted by Gasteiger charge is -2.38. The van der Waals surface area contributed by atoms with E-state index in [9.17, 15) is 21.9 Å². The van der Waals surface area contributed by atoms with Crippen LogP contribution in [0.25, 0.3) is 0 Å². The van der Waals surface area contributed by atoms with Gasteiger partial charge in [-0.1, -0.05) is 30.7 Å². The number of nitrogens with zero attached hydrogens (tertiary/aromatic N) is 1. The van der Waals surface area contributed by atoms with E-state index in [-0.39, 0.29) is 35.5 Å². The predicted molar refractivity (Wildman–Crippen MR) is 143 cm³/mol. The lowest BCUT2D eigenvalue weighted by molar-refractivity contribution is -0.0312. The zero-order valence-electron chi connectivity index (χ0n) is 21.2. The fourth-order valence-electron chi connectivity index (χ4n) is 4.79. The summed E-state index contributed by atoms with van der Waals surface area (Å²) in [6, 6.07) is 12.4. The van der Waals surface area contributed by atoms with Crippen LogP contribution in [0.2, 0.25) is 5.02 Å². The van der Waals surface area contributed by atoms with Gasteiger partial charge in [0.15, 0.2) is 0 Å². The molecule has 1 spiro atoms. The fourth-order valence-corrected chi connectivity index (χ4v) is 7.61. The third-order valence-corrected chi connectivity index (χ3v) is 10.5. The van der Waals surface area contributed by atoms with E-state index in [4.69, 9.17) is 21.1 Å². The van der Waals surface area contributed by atoms with Gasteiger partial charge in [0, 0.05) is 43.3 Å². The van der Waals surface area contributed by atoms with Crippen LogP contribution in [-0.2, 0) is 24.8 Å². The maximum atomic E-state index is 13.0. The Labute approximate surface area is 229 Å². The molecule has 1 unspecified atom stereocenters. The van der Waals surface area contributed by atoms with Crippen molar-refractivity contribution in [1.82, 2.24) is 14.3 Å². The van der Waals surface area contributed by atoms with Crippen molar-refractivity contribution in [2.45, 2.75) is 53.7 Å². The Morgan fingerprint density at radius 3 is 2.55 bits per heavy atom. The number of nitrogens with one attached hydrogen (secondary N) is 2. The summed E-state index contributed by atoms with van der Waals surface area (Å²) in [5.74, 6) is 0.352. The molecular weight excluding hydrogens is 554 g/mol. The zero-order valence-corrected chi connectivity index (χ0v) is 23.6. The number of benzene rings is 2. The van der Waals surface area contributed by atoms with Gasteiger partial charge in [-0.2, -0.15) is 4.31 Å². The number of ether oxygens (including phenoxy) is 2. The molecule has 38 heavy (non-hydrogen) atoms. The highest BCUT2D eigenvalue weighted by atomic mass is 35.5. The summed E-state index contributed by atoms with van der Waals surface area (Å²) < 4.78 is 66.0. The molecule has 0 saturated carbocycles. The van der Waals surface area contributed by atoms with Crippen LogP contribution in [0, 0.1) is 0 Å². The molecule has 210 valence electrons. The van der Waals surface area contributed by atoms with Gasteiger partial charge in [0.25, 0.3) is 0 Å². The Kier molecular flexibility index (Phi) is 9.36. The van der Waals surface area contributed by atoms with Crippen molar-refractivity contribution in [1.29, 1.82) is 0 Å². The first-order valence-corrected chi connectivity index (χ1v) is 15.9. The molecule has 0 bridgehead atoms. The van der Waals surface area contributed by atoms with Crippen LogP contribution in [0.4, 0.5) is 0 Å². The number of sulfonamides is 2. The fraction of sp³-hybridized carbons (Fsp3) is 0.520. The molecule has 2 heterocycles. The number of aliphatic hydroxyl groups is 1. The maximum absolute atomic E-state index is 13.0. The van der Waals surface area contributed by atoms with Crippen molar-refractivity contribution < 1.29 is 31.4 Å². The number of piperidine rings is 1. The van der Waals surface area contributed by atoms with Crippen LogP contribution in [-0.4, -0.2) is 83.4 Å². The molecule has 0 amide bonds. The van der Waals surface area contributed by atoms with Crippen LogP contribution >= 0.6 is 11.6 Å². The zero-order chi connectivity index (χ0) is 27.4. The van der Waals surface area contributed by atoms with Crippen LogP contribution in [0.3, 0.4) is 0 Å². The number of hydrogen-bond acceptors (Lipinski definition) is 8. The Morgan fingerprint density at radius 2 is 1.84 bits per heavy atom. The number of rotatable bonds is 11. The van der Waals surface area contributed by atoms with E-state index in [1.165, 1.54) is 22.5 Å². The molecule has 2 saturated heterocycles. The lowest BCUT2D eigenvalue weighted by atomic mass is 9.88. The summed E-state index contributed by atoms with van der Waals surface area (Å²) in [6.45, 7) is 3.44. The molecule has 13 heteroatoms. The Morgan fingerprint density at radius 1 is 1.13 bits per heavy atom. The molecule has 2 aliphatic rings. The monoisotopic (exact) mass is 587 g/mol. The average molecular weight is 588 g/mol. The largest absolute Gasteiger partial charge is 0.491 e. The standard InChI is InChI=1S/C25H34ClN3O7S2/c1-2-28-37(31,32)23-7-4-6-22(14-23)35-18-21(30)16-27-20-15-25(36-17-20)9-11-29(12-10-25)38(33,34)24-8-3-5-19(26)13-24/h3-8,13-14,20-21,27-28,30H,2,9-12,15-18H2,1H3/t20?,21-/m0/s1. The van der Waals surface area contributed by atoms with E-state index in [0.717, 1.165) is 6.42 Å². The number of hydrogen-bond donors (Lipinski definition) is 3.